The fourth-order valence-electron chi connectivity index (χ4n) is 0.729. The van der Waals surface area contributed by atoms with E-state index in [1.54, 1.807) is 8.87 Å². The van der Waals surface area contributed by atoms with E-state index in [4.69, 9.17) is 10.2 Å². The number of carbonyl (C=O) groups is 2. The fourth-order valence-corrected chi connectivity index (χ4v) is 4.89. The van der Waals surface area contributed by atoms with Crippen LogP contribution in [0.4, 0.5) is 0 Å². The molecule has 4 nitrogen and oxygen atoms in total. The van der Waals surface area contributed by atoms with E-state index >= 15 is 0 Å². The van der Waals surface area contributed by atoms with Crippen LogP contribution in [0.15, 0.2) is 0 Å². The molecule has 114 valence electrons. The van der Waals surface area contributed by atoms with Crippen molar-refractivity contribution in [1.29, 1.82) is 0 Å². The normalized spacial score (nSPS) is 8.74. The van der Waals surface area contributed by atoms with Crippen LogP contribution in [0.1, 0.15) is 39.5 Å². The quantitative estimate of drug-likeness (QED) is 0.277. The monoisotopic (exact) mass is 418 g/mol. The summed E-state index contributed by atoms with van der Waals surface area (Å²) in [7, 11) is 0. The molecule has 0 aromatic carbocycles. The molecule has 0 spiro atoms. The number of rotatable bonds is 8. The average Bonchev–Trinajstić information content (AvgIpc) is 2.40. The molecule has 0 atom stereocenters. The van der Waals surface area contributed by atoms with Crippen molar-refractivity contribution in [2.75, 3.05) is 13.2 Å². The molecule has 0 bridgehead atoms. The molecule has 0 saturated carbocycles. The van der Waals surface area contributed by atoms with Gasteiger partial charge in [-0.15, -0.1) is 25.3 Å². The van der Waals surface area contributed by atoms with Gasteiger partial charge in [-0.2, -0.15) is 0 Å². The zero-order valence-corrected chi connectivity index (χ0v) is 16.4. The van der Waals surface area contributed by atoms with Gasteiger partial charge in [0.25, 0.3) is 0 Å². The van der Waals surface area contributed by atoms with Crippen molar-refractivity contribution in [2.45, 2.75) is 48.4 Å². The van der Waals surface area contributed by atoms with Gasteiger partial charge in [0.05, 0.1) is 0 Å². The molecule has 0 heterocycles. The van der Waals surface area contributed by atoms with E-state index in [1.165, 1.54) is 25.7 Å². The van der Waals surface area contributed by atoms with Crippen LogP contribution in [0.5, 0.6) is 0 Å². The molecule has 0 rings (SSSR count). The molecule has 0 fully saturated rings. The minimum absolute atomic E-state index is 0.149. The van der Waals surface area contributed by atoms with Gasteiger partial charge in [0, 0.05) is 0 Å². The number of unbranched alkanes of at least 4 members (excludes halogenated alkanes) is 2. The Balaban J connectivity index is -0.000000219. The summed E-state index contributed by atoms with van der Waals surface area (Å²) in [4.78, 5) is 18.9. The van der Waals surface area contributed by atoms with E-state index < -0.39 is 23.4 Å². The Morgan fingerprint density at radius 1 is 0.895 bits per heavy atom. The van der Waals surface area contributed by atoms with Gasteiger partial charge in [-0.1, -0.05) is 0 Å². The molecule has 19 heavy (non-hydrogen) atoms. The van der Waals surface area contributed by atoms with Crippen LogP contribution in [0.25, 0.3) is 0 Å². The first-order valence-electron chi connectivity index (χ1n) is 6.32. The first-order valence-corrected chi connectivity index (χ1v) is 11.2. The van der Waals surface area contributed by atoms with E-state index in [0.29, 0.717) is 0 Å². The second kappa shape index (κ2) is 23.8. The molecule has 0 saturated heterocycles. The van der Waals surface area contributed by atoms with E-state index in [0.717, 1.165) is 0 Å². The van der Waals surface area contributed by atoms with Gasteiger partial charge in [0.15, 0.2) is 0 Å². The maximum absolute atomic E-state index is 9.43. The first-order chi connectivity index (χ1) is 8.95. The molecule has 0 amide bonds. The summed E-state index contributed by atoms with van der Waals surface area (Å²) >= 11 is 6.57. The summed E-state index contributed by atoms with van der Waals surface area (Å²) < 4.78 is 3.25. The van der Waals surface area contributed by atoms with Crippen LogP contribution >= 0.6 is 25.3 Å². The maximum Gasteiger partial charge on any atom is 0.211 e. The third-order valence-electron chi connectivity index (χ3n) is 1.68. The number of aliphatic hydroxyl groups excluding tert-OH is 2. The SMILES string of the molecule is CCC[CH2][Sn][CH2]CCC.O=C(S)CO.O=C(S)CO. The predicted octanol–water partition coefficient (Wildman–Crippen LogP) is 2.00. The van der Waals surface area contributed by atoms with Gasteiger partial charge >= 0.3 is 69.5 Å². The summed E-state index contributed by atoms with van der Waals surface area (Å²) in [5.41, 5.74) is 0. The number of thiol groups is 2. The van der Waals surface area contributed by atoms with Crippen LogP contribution < -0.4 is 0 Å². The van der Waals surface area contributed by atoms with Crippen molar-refractivity contribution in [3.8, 4) is 0 Å². The second-order valence-corrected chi connectivity index (χ2v) is 8.84. The van der Waals surface area contributed by atoms with Gasteiger partial charge in [-0.05, 0) is 0 Å². The molecule has 7 heteroatoms. The number of hydrogen-bond donors (Lipinski definition) is 4. The van der Waals surface area contributed by atoms with Crippen LogP contribution in [0, 0.1) is 0 Å². The summed E-state index contributed by atoms with van der Waals surface area (Å²) in [6, 6.07) is 0. The maximum atomic E-state index is 9.43. The minimum Gasteiger partial charge on any atom is -0.388 e. The Bertz CT molecular complexity index is 184. The number of hydrogen-bond acceptors (Lipinski definition) is 4. The van der Waals surface area contributed by atoms with Crippen molar-refractivity contribution >= 4 is 56.6 Å². The molecular formula is C12H26O4S2Sn. The third-order valence-corrected chi connectivity index (χ3v) is 6.00. The average molecular weight is 417 g/mol. The van der Waals surface area contributed by atoms with Crippen molar-refractivity contribution in [1.82, 2.24) is 0 Å². The van der Waals surface area contributed by atoms with E-state index in [-0.39, 0.29) is 21.1 Å². The van der Waals surface area contributed by atoms with Crippen LogP contribution in [-0.4, -0.2) is 54.8 Å². The number of carbonyl (C=O) groups excluding carboxylic acids is 2. The Morgan fingerprint density at radius 3 is 1.32 bits per heavy atom. The summed E-state index contributed by atoms with van der Waals surface area (Å²) in [6.07, 6.45) is 5.84. The standard InChI is InChI=1S/2C4H9.2C2H4O2S.Sn/c2*1-3-4-2;2*3-1-2(4)5;/h2*1,3-4H2,2H3;2*3H,1H2,(H,4,5);. The Hall–Kier alpha value is 0.759. The Labute approximate surface area is 137 Å². The summed E-state index contributed by atoms with van der Waals surface area (Å²) in [5.74, 6) is 0. The van der Waals surface area contributed by atoms with E-state index in [1.807, 2.05) is 0 Å². The van der Waals surface area contributed by atoms with Gasteiger partial charge in [-0.25, -0.2) is 0 Å². The topological polar surface area (TPSA) is 74.6 Å². The van der Waals surface area contributed by atoms with E-state index in [9.17, 15) is 9.59 Å². The van der Waals surface area contributed by atoms with Crippen molar-refractivity contribution < 1.29 is 19.8 Å². The summed E-state index contributed by atoms with van der Waals surface area (Å²) in [6.45, 7) is 3.64. The molecule has 0 aliphatic heterocycles. The minimum atomic E-state index is -0.495. The third kappa shape index (κ3) is 45.5. The molecule has 0 unspecified atom stereocenters. The second-order valence-electron chi connectivity index (χ2n) is 3.56. The smallest absolute Gasteiger partial charge is 0.211 e. The van der Waals surface area contributed by atoms with Gasteiger partial charge in [0.2, 0.25) is 10.2 Å². The Kier molecular flexibility index (Phi) is 31.0. The van der Waals surface area contributed by atoms with Gasteiger partial charge in [0.1, 0.15) is 13.2 Å². The van der Waals surface area contributed by atoms with Gasteiger partial charge < -0.3 is 10.2 Å². The summed E-state index contributed by atoms with van der Waals surface area (Å²) in [5, 5.41) is 14.4. The Morgan fingerprint density at radius 2 is 1.16 bits per heavy atom. The molecule has 2 N–H and O–H groups in total. The molecule has 0 aromatic heterocycles. The molecule has 0 aliphatic rings. The zero-order chi connectivity index (χ0) is 15.5. The van der Waals surface area contributed by atoms with Crippen LogP contribution in [0.3, 0.4) is 0 Å². The number of aliphatic hydroxyl groups is 2. The van der Waals surface area contributed by atoms with Crippen LogP contribution in [-0.2, 0) is 9.59 Å². The zero-order valence-electron chi connectivity index (χ0n) is 11.8. The fraction of sp³-hybridized carbons (Fsp3) is 0.833. The van der Waals surface area contributed by atoms with Crippen molar-refractivity contribution in [2.24, 2.45) is 0 Å². The van der Waals surface area contributed by atoms with E-state index in [2.05, 4.69) is 39.1 Å². The first kappa shape index (κ1) is 24.8. The molecular weight excluding hydrogens is 391 g/mol. The van der Waals surface area contributed by atoms with Crippen molar-refractivity contribution in [3.05, 3.63) is 0 Å². The molecule has 0 aliphatic carbocycles. The van der Waals surface area contributed by atoms with Crippen molar-refractivity contribution in [3.63, 3.8) is 0 Å². The largest absolute Gasteiger partial charge is 0.388 e. The van der Waals surface area contributed by atoms with Crippen LogP contribution in [0.2, 0.25) is 8.87 Å². The molecule has 2 radical (unpaired) electrons. The predicted molar refractivity (Wildman–Crippen MR) is 87.3 cm³/mol. The van der Waals surface area contributed by atoms with Gasteiger partial charge in [-0.3, -0.25) is 9.59 Å². The molecule has 0 aromatic rings.